The van der Waals surface area contributed by atoms with Gasteiger partial charge in [-0.1, -0.05) is 30.3 Å². The van der Waals surface area contributed by atoms with Crippen LogP contribution in [0, 0.1) is 0 Å². The molecular formula is C23H29NO5. The summed E-state index contributed by atoms with van der Waals surface area (Å²) in [4.78, 5) is 26.7. The summed E-state index contributed by atoms with van der Waals surface area (Å²) in [5.41, 5.74) is 1.32. The van der Waals surface area contributed by atoms with Crippen LogP contribution in [0.15, 0.2) is 48.5 Å². The molecule has 29 heavy (non-hydrogen) atoms. The first-order valence-corrected chi connectivity index (χ1v) is 9.67. The number of amides is 1. The minimum Gasteiger partial charge on any atom is -0.493 e. The highest BCUT2D eigenvalue weighted by atomic mass is 16.5. The third-order valence-electron chi connectivity index (χ3n) is 4.23. The molecule has 1 amide bonds. The number of ether oxygens (including phenoxy) is 3. The molecule has 0 saturated carbocycles. The van der Waals surface area contributed by atoms with Crippen molar-refractivity contribution in [2.75, 3.05) is 13.7 Å². The summed E-state index contributed by atoms with van der Waals surface area (Å²) in [6, 6.07) is 14.5. The molecule has 6 heteroatoms. The fourth-order valence-electron chi connectivity index (χ4n) is 2.78. The Bertz CT molecular complexity index is 817. The van der Waals surface area contributed by atoms with Crippen molar-refractivity contribution in [3.8, 4) is 11.5 Å². The van der Waals surface area contributed by atoms with Crippen molar-refractivity contribution in [2.24, 2.45) is 0 Å². The third-order valence-corrected chi connectivity index (χ3v) is 4.23. The molecule has 0 bridgehead atoms. The fraction of sp³-hybridized carbons (Fsp3) is 0.391. The van der Waals surface area contributed by atoms with E-state index in [4.69, 9.17) is 14.2 Å². The molecule has 0 aliphatic rings. The molecule has 0 aliphatic heterocycles. The van der Waals surface area contributed by atoms with Crippen LogP contribution < -0.4 is 9.47 Å². The van der Waals surface area contributed by atoms with Gasteiger partial charge in [0, 0.05) is 12.6 Å². The normalized spacial score (nSPS) is 10.7. The largest absolute Gasteiger partial charge is 0.493 e. The van der Waals surface area contributed by atoms with E-state index in [0.717, 1.165) is 5.56 Å². The van der Waals surface area contributed by atoms with E-state index < -0.39 is 5.97 Å². The van der Waals surface area contributed by atoms with E-state index in [1.54, 1.807) is 23.1 Å². The molecule has 0 heterocycles. The average Bonchev–Trinajstić information content (AvgIpc) is 2.70. The highest BCUT2D eigenvalue weighted by Crippen LogP contribution is 2.29. The van der Waals surface area contributed by atoms with Crippen molar-refractivity contribution in [3.63, 3.8) is 0 Å². The number of esters is 1. The molecule has 0 spiro atoms. The molecule has 2 aromatic rings. The highest BCUT2D eigenvalue weighted by molar-refractivity contribution is 5.92. The molecule has 0 aliphatic carbocycles. The average molecular weight is 399 g/mol. The predicted octanol–water partition coefficient (Wildman–Crippen LogP) is 4.08. The van der Waals surface area contributed by atoms with Crippen LogP contribution in [0.25, 0.3) is 0 Å². The number of hydrogen-bond acceptors (Lipinski definition) is 5. The molecular weight excluding hydrogens is 370 g/mol. The molecule has 0 N–H and O–H groups in total. The second kappa shape index (κ2) is 10.5. The molecule has 0 radical (unpaired) electrons. The van der Waals surface area contributed by atoms with E-state index >= 15 is 0 Å². The van der Waals surface area contributed by atoms with E-state index in [1.807, 2.05) is 58.0 Å². The van der Waals surface area contributed by atoms with Gasteiger partial charge in [-0.25, -0.2) is 4.79 Å². The van der Waals surface area contributed by atoms with Gasteiger partial charge in [0.15, 0.2) is 18.1 Å². The van der Waals surface area contributed by atoms with Gasteiger partial charge in [0.05, 0.1) is 18.8 Å². The first-order valence-electron chi connectivity index (χ1n) is 9.67. The number of carbonyl (C=O) groups is 2. The van der Waals surface area contributed by atoms with Gasteiger partial charge in [-0.2, -0.15) is 0 Å². The maximum absolute atomic E-state index is 12.6. The SMILES string of the molecule is COc1cc(C(=O)OCC(=O)N(Cc2ccccc2)C(C)C)ccc1OC(C)C. The Hall–Kier alpha value is -3.02. The second-order valence-electron chi connectivity index (χ2n) is 7.21. The van der Waals surface area contributed by atoms with Crippen molar-refractivity contribution in [1.82, 2.24) is 4.90 Å². The Morgan fingerprint density at radius 3 is 2.24 bits per heavy atom. The van der Waals surface area contributed by atoms with Gasteiger partial charge < -0.3 is 19.1 Å². The summed E-state index contributed by atoms with van der Waals surface area (Å²) >= 11 is 0. The molecule has 0 aromatic heterocycles. The molecule has 0 atom stereocenters. The summed E-state index contributed by atoms with van der Waals surface area (Å²) in [5, 5.41) is 0. The van der Waals surface area contributed by atoms with Crippen LogP contribution in [-0.2, 0) is 16.1 Å². The molecule has 0 saturated heterocycles. The van der Waals surface area contributed by atoms with Crippen LogP contribution in [0.4, 0.5) is 0 Å². The molecule has 156 valence electrons. The first-order chi connectivity index (χ1) is 13.8. The maximum atomic E-state index is 12.6. The predicted molar refractivity (Wildman–Crippen MR) is 111 cm³/mol. The second-order valence-corrected chi connectivity index (χ2v) is 7.21. The van der Waals surface area contributed by atoms with Gasteiger partial charge in [0.2, 0.25) is 0 Å². The van der Waals surface area contributed by atoms with Gasteiger partial charge in [0.1, 0.15) is 0 Å². The van der Waals surface area contributed by atoms with Crippen LogP contribution in [0.5, 0.6) is 11.5 Å². The maximum Gasteiger partial charge on any atom is 0.338 e. The summed E-state index contributed by atoms with van der Waals surface area (Å²) in [7, 11) is 1.51. The molecule has 2 aromatic carbocycles. The van der Waals surface area contributed by atoms with Gasteiger partial charge in [-0.3, -0.25) is 4.79 Å². The minimum atomic E-state index is -0.587. The molecule has 0 unspecified atom stereocenters. The Labute approximate surface area is 172 Å². The van der Waals surface area contributed by atoms with Crippen LogP contribution in [0.1, 0.15) is 43.6 Å². The number of rotatable bonds is 9. The Balaban J connectivity index is 2.02. The quantitative estimate of drug-likeness (QED) is 0.595. The lowest BCUT2D eigenvalue weighted by Crippen LogP contribution is -2.39. The highest BCUT2D eigenvalue weighted by Gasteiger charge is 2.20. The van der Waals surface area contributed by atoms with Gasteiger partial charge in [-0.05, 0) is 51.5 Å². The van der Waals surface area contributed by atoms with Crippen molar-refractivity contribution in [2.45, 2.75) is 46.4 Å². The van der Waals surface area contributed by atoms with Crippen molar-refractivity contribution in [3.05, 3.63) is 59.7 Å². The molecule has 2 rings (SSSR count). The summed E-state index contributed by atoms with van der Waals surface area (Å²) in [6.45, 7) is 7.81. The number of nitrogens with zero attached hydrogens (tertiary/aromatic N) is 1. The van der Waals surface area contributed by atoms with Crippen molar-refractivity contribution >= 4 is 11.9 Å². The van der Waals surface area contributed by atoms with E-state index in [1.165, 1.54) is 7.11 Å². The minimum absolute atomic E-state index is 0.0195. The summed E-state index contributed by atoms with van der Waals surface area (Å²) < 4.78 is 16.2. The Kier molecular flexibility index (Phi) is 8.07. The number of hydrogen-bond donors (Lipinski definition) is 0. The summed E-state index contributed by atoms with van der Waals surface area (Å²) in [5.74, 6) is 0.149. The lowest BCUT2D eigenvalue weighted by atomic mass is 10.2. The van der Waals surface area contributed by atoms with Crippen molar-refractivity contribution < 1.29 is 23.8 Å². The first kappa shape index (κ1) is 22.3. The lowest BCUT2D eigenvalue weighted by molar-refractivity contribution is -0.136. The Morgan fingerprint density at radius 2 is 1.66 bits per heavy atom. The number of benzene rings is 2. The Morgan fingerprint density at radius 1 is 0.966 bits per heavy atom. The lowest BCUT2D eigenvalue weighted by Gasteiger charge is -2.26. The van der Waals surface area contributed by atoms with E-state index in [9.17, 15) is 9.59 Å². The van der Waals surface area contributed by atoms with Crippen LogP contribution in [-0.4, -0.2) is 42.6 Å². The topological polar surface area (TPSA) is 65.1 Å². The van der Waals surface area contributed by atoms with Gasteiger partial charge >= 0.3 is 5.97 Å². The standard InChI is InChI=1S/C23H29NO5/c1-16(2)24(14-18-9-7-6-8-10-18)22(25)15-28-23(26)19-11-12-20(29-17(3)4)21(13-19)27-5/h6-13,16-17H,14-15H2,1-5H3. The van der Waals surface area contributed by atoms with E-state index in [0.29, 0.717) is 23.6 Å². The molecule has 6 nitrogen and oxygen atoms in total. The zero-order valence-corrected chi connectivity index (χ0v) is 17.7. The fourth-order valence-corrected chi connectivity index (χ4v) is 2.78. The summed E-state index contributed by atoms with van der Waals surface area (Å²) in [6.07, 6.45) is -0.0223. The van der Waals surface area contributed by atoms with Crippen LogP contribution in [0.2, 0.25) is 0 Å². The van der Waals surface area contributed by atoms with E-state index in [-0.39, 0.29) is 24.7 Å². The van der Waals surface area contributed by atoms with Crippen LogP contribution in [0.3, 0.4) is 0 Å². The number of carbonyl (C=O) groups excluding carboxylic acids is 2. The van der Waals surface area contributed by atoms with Crippen LogP contribution >= 0.6 is 0 Å². The van der Waals surface area contributed by atoms with E-state index in [2.05, 4.69) is 0 Å². The third kappa shape index (κ3) is 6.52. The smallest absolute Gasteiger partial charge is 0.338 e. The zero-order valence-electron chi connectivity index (χ0n) is 17.7. The number of methoxy groups -OCH3 is 1. The van der Waals surface area contributed by atoms with Crippen molar-refractivity contribution in [1.29, 1.82) is 0 Å². The van der Waals surface area contributed by atoms with Gasteiger partial charge in [0.25, 0.3) is 5.91 Å². The molecule has 0 fully saturated rings. The van der Waals surface area contributed by atoms with Gasteiger partial charge in [-0.15, -0.1) is 0 Å². The monoisotopic (exact) mass is 399 g/mol. The zero-order chi connectivity index (χ0) is 21.4.